The molecule has 14 heteroatoms. The first-order valence-electron chi connectivity index (χ1n) is 12.4. The fourth-order valence-corrected chi connectivity index (χ4v) is 3.69. The Morgan fingerprint density at radius 2 is 1.51 bits per heavy atom. The second kappa shape index (κ2) is 14.0. The summed E-state index contributed by atoms with van der Waals surface area (Å²) in [4.78, 5) is 47.6. The molecule has 0 aliphatic carbocycles. The summed E-state index contributed by atoms with van der Waals surface area (Å²) < 4.78 is 48.0. The minimum atomic E-state index is -5.08. The fraction of sp³-hybridized carbons (Fsp3) is 0.172. The predicted molar refractivity (Wildman–Crippen MR) is 151 cm³/mol. The van der Waals surface area contributed by atoms with Crippen LogP contribution >= 0.6 is 0 Å². The van der Waals surface area contributed by atoms with Crippen LogP contribution in [0.1, 0.15) is 26.5 Å². The Morgan fingerprint density at radius 3 is 2.09 bits per heavy atom. The van der Waals surface area contributed by atoms with Crippen molar-refractivity contribution in [3.05, 3.63) is 93.8 Å². The average molecular weight is 602 g/mol. The summed E-state index contributed by atoms with van der Waals surface area (Å²) in [6.07, 6.45) is -4.36. The van der Waals surface area contributed by atoms with E-state index in [0.29, 0.717) is 29.1 Å². The molecule has 0 saturated heterocycles. The largest absolute Gasteiger partial charge is 0.493 e. The lowest BCUT2D eigenvalue weighted by Crippen LogP contribution is -2.21. The van der Waals surface area contributed by atoms with Crippen molar-refractivity contribution in [2.24, 2.45) is 5.73 Å². The molecule has 43 heavy (non-hydrogen) atoms. The van der Waals surface area contributed by atoms with Gasteiger partial charge in [-0.25, -0.2) is 4.79 Å². The summed E-state index contributed by atoms with van der Waals surface area (Å²) in [6, 6.07) is 18.0. The minimum absolute atomic E-state index is 0.121. The minimum Gasteiger partial charge on any atom is -0.493 e. The van der Waals surface area contributed by atoms with Gasteiger partial charge in [-0.05, 0) is 48.9 Å². The van der Waals surface area contributed by atoms with E-state index in [0.717, 1.165) is 18.1 Å². The standard InChI is InChI=1S/C27H25N3O6.C2HF3O2/c1-34-23-13-19(26(32)29-17-9-7-16(8-10-17)11-12-28)20(14-24(23)35-2)30-27(33)25-15-21(31)18-5-3-4-6-22(18)36-25;3-2(4,5)1(6)7/h3-10,13-15H,11-12,28H2,1-2H3,(H,29,32)(H,30,33);(H,6,7). The second-order valence-electron chi connectivity index (χ2n) is 8.67. The molecule has 2 amide bonds. The van der Waals surface area contributed by atoms with Crippen LogP contribution in [0.4, 0.5) is 24.5 Å². The van der Waals surface area contributed by atoms with E-state index >= 15 is 0 Å². The molecule has 5 N–H and O–H groups in total. The number of ether oxygens (including phenoxy) is 2. The van der Waals surface area contributed by atoms with E-state index in [1.165, 1.54) is 26.4 Å². The molecule has 0 aliphatic heterocycles. The van der Waals surface area contributed by atoms with Crippen LogP contribution in [-0.2, 0) is 11.2 Å². The summed E-state index contributed by atoms with van der Waals surface area (Å²) in [6.45, 7) is 0.526. The number of methoxy groups -OCH3 is 2. The van der Waals surface area contributed by atoms with Crippen LogP contribution < -0.4 is 31.3 Å². The molecule has 4 rings (SSSR count). The number of hydrogen-bond acceptors (Lipinski definition) is 8. The van der Waals surface area contributed by atoms with Crippen LogP contribution in [0.15, 0.2) is 75.9 Å². The van der Waals surface area contributed by atoms with Crippen molar-refractivity contribution in [1.82, 2.24) is 0 Å². The monoisotopic (exact) mass is 601 g/mol. The number of fused-ring (bicyclic) bond motifs is 1. The summed E-state index contributed by atoms with van der Waals surface area (Å²) in [5.41, 5.74) is 7.39. The van der Waals surface area contributed by atoms with Crippen molar-refractivity contribution in [1.29, 1.82) is 0 Å². The number of aliphatic carboxylic acids is 1. The molecule has 0 radical (unpaired) electrons. The lowest BCUT2D eigenvalue weighted by atomic mass is 10.1. The summed E-state index contributed by atoms with van der Waals surface area (Å²) in [7, 11) is 2.88. The molecule has 11 nitrogen and oxygen atoms in total. The summed E-state index contributed by atoms with van der Waals surface area (Å²) in [5.74, 6) is -3.54. The lowest BCUT2D eigenvalue weighted by Gasteiger charge is -2.16. The molecular weight excluding hydrogens is 575 g/mol. The van der Waals surface area contributed by atoms with Crippen LogP contribution in [0, 0.1) is 0 Å². The van der Waals surface area contributed by atoms with E-state index in [1.807, 2.05) is 12.1 Å². The smallest absolute Gasteiger partial charge is 0.490 e. The topological polar surface area (TPSA) is 170 Å². The number of halogens is 3. The van der Waals surface area contributed by atoms with Gasteiger partial charge in [0.2, 0.25) is 0 Å². The van der Waals surface area contributed by atoms with Crippen molar-refractivity contribution >= 4 is 40.1 Å². The molecule has 3 aromatic carbocycles. The van der Waals surface area contributed by atoms with Gasteiger partial charge in [0.15, 0.2) is 22.7 Å². The molecule has 1 heterocycles. The Labute approximate surface area is 242 Å². The normalized spacial score (nSPS) is 10.7. The van der Waals surface area contributed by atoms with Gasteiger partial charge in [0.05, 0.1) is 30.9 Å². The van der Waals surface area contributed by atoms with Crippen molar-refractivity contribution in [3.63, 3.8) is 0 Å². The molecular formula is C29H26F3N3O8. The third-order valence-electron chi connectivity index (χ3n) is 5.76. The van der Waals surface area contributed by atoms with Gasteiger partial charge < -0.3 is 35.4 Å². The molecule has 4 aromatic rings. The molecule has 0 saturated carbocycles. The Bertz CT molecular complexity index is 1690. The zero-order valence-electron chi connectivity index (χ0n) is 22.8. The number of nitrogens with one attached hydrogen (secondary N) is 2. The Kier molecular flexibility index (Phi) is 10.5. The number of hydrogen-bond donors (Lipinski definition) is 4. The molecule has 0 bridgehead atoms. The Balaban J connectivity index is 0.000000646. The maximum absolute atomic E-state index is 13.2. The first kappa shape index (κ1) is 32.1. The van der Waals surface area contributed by atoms with Gasteiger partial charge in [0.1, 0.15) is 5.58 Å². The quantitative estimate of drug-likeness (QED) is 0.228. The molecule has 0 aliphatic rings. The number of para-hydroxylation sites is 1. The van der Waals surface area contributed by atoms with Crippen LogP contribution in [-0.4, -0.2) is 49.8 Å². The van der Waals surface area contributed by atoms with Crippen LogP contribution in [0.25, 0.3) is 11.0 Å². The van der Waals surface area contributed by atoms with E-state index in [9.17, 15) is 27.6 Å². The summed E-state index contributed by atoms with van der Waals surface area (Å²) in [5, 5.41) is 13.0. The third-order valence-corrected chi connectivity index (χ3v) is 5.76. The number of carboxylic acids is 1. The van der Waals surface area contributed by atoms with Crippen LogP contribution in [0.3, 0.4) is 0 Å². The molecule has 226 valence electrons. The zero-order valence-corrected chi connectivity index (χ0v) is 22.8. The maximum atomic E-state index is 13.2. The van der Waals surface area contributed by atoms with Gasteiger partial charge in [-0.15, -0.1) is 0 Å². The number of amides is 2. The van der Waals surface area contributed by atoms with E-state index in [2.05, 4.69) is 10.6 Å². The highest BCUT2D eigenvalue weighted by Crippen LogP contribution is 2.34. The number of anilines is 2. The average Bonchev–Trinajstić information content (AvgIpc) is 2.97. The molecule has 0 atom stereocenters. The lowest BCUT2D eigenvalue weighted by molar-refractivity contribution is -0.192. The van der Waals surface area contributed by atoms with Gasteiger partial charge in [0.25, 0.3) is 11.8 Å². The predicted octanol–water partition coefficient (Wildman–Crippen LogP) is 4.45. The number of benzene rings is 3. The first-order chi connectivity index (χ1) is 20.4. The fourth-order valence-electron chi connectivity index (χ4n) is 3.69. The van der Waals surface area contributed by atoms with Crippen LogP contribution in [0.2, 0.25) is 0 Å². The SMILES string of the molecule is COc1cc(NC(=O)c2cc(=O)c3ccccc3o2)c(C(=O)Nc2ccc(CCN)cc2)cc1OC.O=C(O)C(F)(F)F. The number of alkyl halides is 3. The third kappa shape index (κ3) is 8.33. The number of rotatable bonds is 8. The number of nitrogens with two attached hydrogens (primary N) is 1. The maximum Gasteiger partial charge on any atom is 0.490 e. The highest BCUT2D eigenvalue weighted by Gasteiger charge is 2.38. The first-order valence-corrected chi connectivity index (χ1v) is 12.4. The van der Waals surface area contributed by atoms with Gasteiger partial charge in [-0.1, -0.05) is 24.3 Å². The van der Waals surface area contributed by atoms with Gasteiger partial charge in [-0.2, -0.15) is 13.2 Å². The van der Waals surface area contributed by atoms with Crippen molar-refractivity contribution < 1.29 is 46.6 Å². The van der Waals surface area contributed by atoms with E-state index in [-0.39, 0.29) is 28.0 Å². The molecule has 1 aromatic heterocycles. The van der Waals surface area contributed by atoms with Crippen molar-refractivity contribution in [2.75, 3.05) is 31.4 Å². The highest BCUT2D eigenvalue weighted by atomic mass is 19.4. The Morgan fingerprint density at radius 1 is 0.907 bits per heavy atom. The number of carbonyl (C=O) groups is 3. The van der Waals surface area contributed by atoms with Gasteiger partial charge in [-0.3, -0.25) is 14.4 Å². The van der Waals surface area contributed by atoms with E-state index in [1.54, 1.807) is 36.4 Å². The van der Waals surface area contributed by atoms with Gasteiger partial charge in [0, 0.05) is 17.8 Å². The second-order valence-corrected chi connectivity index (χ2v) is 8.67. The zero-order chi connectivity index (χ0) is 31.7. The van der Waals surface area contributed by atoms with Crippen molar-refractivity contribution in [3.8, 4) is 11.5 Å². The Hall–Kier alpha value is -5.37. The molecule has 0 spiro atoms. The van der Waals surface area contributed by atoms with E-state index in [4.69, 9.17) is 29.5 Å². The number of carbonyl (C=O) groups excluding carboxylic acids is 2. The number of carboxylic acid groups (broad SMARTS) is 1. The highest BCUT2D eigenvalue weighted by molar-refractivity contribution is 6.12. The molecule has 0 unspecified atom stereocenters. The van der Waals surface area contributed by atoms with E-state index < -0.39 is 24.0 Å². The van der Waals surface area contributed by atoms with Crippen LogP contribution in [0.5, 0.6) is 11.5 Å². The van der Waals surface area contributed by atoms with Crippen molar-refractivity contribution in [2.45, 2.75) is 12.6 Å². The summed E-state index contributed by atoms with van der Waals surface area (Å²) >= 11 is 0. The molecule has 0 fully saturated rings. The van der Waals surface area contributed by atoms with Gasteiger partial charge >= 0.3 is 12.1 Å².